The standard InChI is InChI=1S/C12H12BrF5O3/c13-6-5-9(19)10(20)7-1-3-8(4-2-7)21-12(17,18)11(14,15)16/h1-4,9-10,19-20H,5-6H2. The summed E-state index contributed by atoms with van der Waals surface area (Å²) in [6.45, 7) is 0. The van der Waals surface area contributed by atoms with E-state index in [0.29, 0.717) is 5.33 Å². The number of aliphatic hydroxyl groups excluding tert-OH is 2. The van der Waals surface area contributed by atoms with Crippen molar-refractivity contribution < 1.29 is 36.9 Å². The first kappa shape index (κ1) is 18.1. The summed E-state index contributed by atoms with van der Waals surface area (Å²) < 4.78 is 64.8. The van der Waals surface area contributed by atoms with Gasteiger partial charge in [-0.05, 0) is 24.1 Å². The molecule has 120 valence electrons. The van der Waals surface area contributed by atoms with E-state index in [0.717, 1.165) is 24.3 Å². The molecule has 2 atom stereocenters. The Balaban J connectivity index is 2.79. The Labute approximate surface area is 125 Å². The fourth-order valence-corrected chi connectivity index (χ4v) is 1.90. The highest BCUT2D eigenvalue weighted by atomic mass is 79.9. The summed E-state index contributed by atoms with van der Waals surface area (Å²) in [7, 11) is 0. The predicted octanol–water partition coefficient (Wildman–Crippen LogP) is 3.40. The molecule has 0 radical (unpaired) electrons. The molecule has 0 amide bonds. The topological polar surface area (TPSA) is 49.7 Å². The molecule has 0 bridgehead atoms. The summed E-state index contributed by atoms with van der Waals surface area (Å²) in [6, 6.07) is 3.92. The van der Waals surface area contributed by atoms with Gasteiger partial charge in [0.25, 0.3) is 0 Å². The van der Waals surface area contributed by atoms with Gasteiger partial charge in [-0.2, -0.15) is 22.0 Å². The average Bonchev–Trinajstić information content (AvgIpc) is 2.37. The largest absolute Gasteiger partial charge is 0.499 e. The van der Waals surface area contributed by atoms with E-state index in [2.05, 4.69) is 20.7 Å². The highest BCUT2D eigenvalue weighted by Gasteiger charge is 2.61. The smallest absolute Gasteiger partial charge is 0.426 e. The van der Waals surface area contributed by atoms with Crippen LogP contribution in [0.5, 0.6) is 5.75 Å². The Kier molecular flexibility index (Phi) is 5.94. The zero-order valence-electron chi connectivity index (χ0n) is 10.4. The van der Waals surface area contributed by atoms with Crippen LogP contribution >= 0.6 is 15.9 Å². The van der Waals surface area contributed by atoms with Crippen LogP contribution in [0.15, 0.2) is 24.3 Å². The second-order valence-electron chi connectivity index (χ2n) is 4.18. The minimum atomic E-state index is -5.82. The maximum absolute atomic E-state index is 12.7. The molecule has 0 fully saturated rings. The molecule has 1 aromatic carbocycles. The zero-order valence-corrected chi connectivity index (χ0v) is 12.0. The molecule has 0 heterocycles. The van der Waals surface area contributed by atoms with E-state index in [1.165, 1.54) is 0 Å². The van der Waals surface area contributed by atoms with Crippen molar-refractivity contribution in [3.63, 3.8) is 0 Å². The molecule has 0 aromatic heterocycles. The summed E-state index contributed by atoms with van der Waals surface area (Å²) in [5.74, 6) is -0.705. The van der Waals surface area contributed by atoms with E-state index in [1.807, 2.05) is 0 Å². The van der Waals surface area contributed by atoms with Crippen LogP contribution in [0.1, 0.15) is 18.1 Å². The molecule has 21 heavy (non-hydrogen) atoms. The normalized spacial score (nSPS) is 15.6. The molecule has 2 unspecified atom stereocenters. The van der Waals surface area contributed by atoms with Gasteiger partial charge in [0, 0.05) is 5.33 Å². The van der Waals surface area contributed by atoms with Crippen LogP contribution in [0.2, 0.25) is 0 Å². The van der Waals surface area contributed by atoms with Crippen molar-refractivity contribution in [2.45, 2.75) is 30.9 Å². The van der Waals surface area contributed by atoms with Crippen LogP contribution < -0.4 is 4.74 Å². The molecule has 0 aliphatic carbocycles. The number of aliphatic hydroxyl groups is 2. The van der Waals surface area contributed by atoms with Gasteiger partial charge in [0.2, 0.25) is 0 Å². The van der Waals surface area contributed by atoms with Crippen molar-refractivity contribution >= 4 is 15.9 Å². The number of benzene rings is 1. The van der Waals surface area contributed by atoms with Crippen LogP contribution in [0, 0.1) is 0 Å². The van der Waals surface area contributed by atoms with E-state index >= 15 is 0 Å². The minimum Gasteiger partial charge on any atom is -0.426 e. The minimum absolute atomic E-state index is 0.172. The number of ether oxygens (including phenoxy) is 1. The third kappa shape index (κ3) is 4.79. The second-order valence-corrected chi connectivity index (χ2v) is 4.97. The fraction of sp³-hybridized carbons (Fsp3) is 0.500. The molecular formula is C12H12BrF5O3. The molecule has 0 aliphatic heterocycles. The number of rotatable bonds is 6. The molecule has 0 saturated heterocycles. The quantitative estimate of drug-likeness (QED) is 0.589. The first-order chi connectivity index (χ1) is 9.58. The van der Waals surface area contributed by atoms with Gasteiger partial charge >= 0.3 is 12.3 Å². The number of hydrogen-bond acceptors (Lipinski definition) is 3. The lowest BCUT2D eigenvalue weighted by Crippen LogP contribution is -2.41. The van der Waals surface area contributed by atoms with Crippen LogP contribution in [0.25, 0.3) is 0 Å². The first-order valence-electron chi connectivity index (χ1n) is 5.74. The monoisotopic (exact) mass is 378 g/mol. The van der Waals surface area contributed by atoms with E-state index in [4.69, 9.17) is 0 Å². The molecule has 1 aromatic rings. The Morgan fingerprint density at radius 2 is 1.57 bits per heavy atom. The van der Waals surface area contributed by atoms with E-state index < -0.39 is 30.2 Å². The Hall–Kier alpha value is -0.930. The summed E-state index contributed by atoms with van der Waals surface area (Å²) >= 11 is 3.07. The molecule has 9 heteroatoms. The maximum Gasteiger partial charge on any atom is 0.499 e. The lowest BCUT2D eigenvalue weighted by molar-refractivity contribution is -0.360. The highest BCUT2D eigenvalue weighted by molar-refractivity contribution is 9.09. The van der Waals surface area contributed by atoms with Crippen molar-refractivity contribution in [1.29, 1.82) is 0 Å². The number of alkyl halides is 6. The van der Waals surface area contributed by atoms with Crippen molar-refractivity contribution in [2.75, 3.05) is 5.33 Å². The molecule has 0 aliphatic rings. The van der Waals surface area contributed by atoms with Gasteiger partial charge in [-0.3, -0.25) is 0 Å². The molecule has 1 rings (SSSR count). The van der Waals surface area contributed by atoms with Gasteiger partial charge in [-0.1, -0.05) is 28.1 Å². The molecule has 3 nitrogen and oxygen atoms in total. The van der Waals surface area contributed by atoms with Gasteiger partial charge in [0.15, 0.2) is 0 Å². The SMILES string of the molecule is OC(CCBr)C(O)c1ccc(OC(F)(F)C(F)(F)F)cc1. The van der Waals surface area contributed by atoms with Gasteiger partial charge in [0.1, 0.15) is 11.9 Å². The van der Waals surface area contributed by atoms with Crippen LogP contribution in [-0.2, 0) is 0 Å². The van der Waals surface area contributed by atoms with E-state index in [1.54, 1.807) is 0 Å². The van der Waals surface area contributed by atoms with Crippen molar-refractivity contribution in [3.05, 3.63) is 29.8 Å². The van der Waals surface area contributed by atoms with Crippen LogP contribution in [0.3, 0.4) is 0 Å². The Bertz CT molecular complexity index is 449. The second kappa shape index (κ2) is 6.89. The van der Waals surface area contributed by atoms with Gasteiger partial charge in [0.05, 0.1) is 6.10 Å². The lowest BCUT2D eigenvalue weighted by Gasteiger charge is -2.21. The summed E-state index contributed by atoms with van der Waals surface area (Å²) in [4.78, 5) is 0. The third-order valence-corrected chi connectivity index (χ3v) is 3.02. The van der Waals surface area contributed by atoms with Gasteiger partial charge < -0.3 is 14.9 Å². The average molecular weight is 379 g/mol. The first-order valence-corrected chi connectivity index (χ1v) is 6.86. The Morgan fingerprint density at radius 1 is 1.05 bits per heavy atom. The maximum atomic E-state index is 12.7. The van der Waals surface area contributed by atoms with Crippen molar-refractivity contribution in [2.24, 2.45) is 0 Å². The van der Waals surface area contributed by atoms with E-state index in [-0.39, 0.29) is 12.0 Å². The Morgan fingerprint density at radius 3 is 2.00 bits per heavy atom. The molecule has 0 spiro atoms. The van der Waals surface area contributed by atoms with E-state index in [9.17, 15) is 32.2 Å². The lowest BCUT2D eigenvalue weighted by atomic mass is 10.0. The van der Waals surface area contributed by atoms with Crippen LogP contribution in [-0.4, -0.2) is 33.9 Å². The van der Waals surface area contributed by atoms with Crippen molar-refractivity contribution in [3.8, 4) is 5.75 Å². The summed E-state index contributed by atoms with van der Waals surface area (Å²) in [6.07, 6.45) is -13.3. The van der Waals surface area contributed by atoms with Crippen LogP contribution in [0.4, 0.5) is 22.0 Å². The number of halogens is 6. The number of hydrogen-bond donors (Lipinski definition) is 2. The van der Waals surface area contributed by atoms with Crippen molar-refractivity contribution in [1.82, 2.24) is 0 Å². The summed E-state index contributed by atoms with van der Waals surface area (Å²) in [5, 5.41) is 19.7. The van der Waals surface area contributed by atoms with Gasteiger partial charge in [-0.15, -0.1) is 0 Å². The highest BCUT2D eigenvalue weighted by Crippen LogP contribution is 2.37. The third-order valence-electron chi connectivity index (χ3n) is 2.57. The molecule has 0 saturated carbocycles. The zero-order chi connectivity index (χ0) is 16.3. The predicted molar refractivity (Wildman–Crippen MR) is 67.4 cm³/mol. The molecular weight excluding hydrogens is 367 g/mol. The molecule has 2 N–H and O–H groups in total. The van der Waals surface area contributed by atoms with Gasteiger partial charge in [-0.25, -0.2) is 0 Å². The fourth-order valence-electron chi connectivity index (χ4n) is 1.43. The summed E-state index contributed by atoms with van der Waals surface area (Å²) in [5.41, 5.74) is 0.172.